The molecule has 1 atom stereocenters. The van der Waals surface area contributed by atoms with E-state index in [0.717, 1.165) is 0 Å². The lowest BCUT2D eigenvalue weighted by molar-refractivity contribution is -0.118. The molecule has 1 amide bonds. The number of amides is 1. The number of nitrogens with one attached hydrogen (secondary N) is 1. The van der Waals surface area contributed by atoms with Crippen molar-refractivity contribution in [1.29, 1.82) is 0 Å². The number of benzene rings is 2. The highest BCUT2D eigenvalue weighted by atomic mass is 16.5. The molecule has 1 N–H and O–H groups in total. The second-order valence-corrected chi connectivity index (χ2v) is 6.36. The van der Waals surface area contributed by atoms with Gasteiger partial charge in [0.2, 0.25) is 11.7 Å². The summed E-state index contributed by atoms with van der Waals surface area (Å²) >= 11 is 0. The molecule has 2 aromatic rings. The van der Waals surface area contributed by atoms with Gasteiger partial charge in [0.1, 0.15) is 5.75 Å². The zero-order valence-electron chi connectivity index (χ0n) is 15.8. The molecule has 6 heteroatoms. The van der Waals surface area contributed by atoms with Crippen molar-refractivity contribution in [3.05, 3.63) is 59.7 Å². The van der Waals surface area contributed by atoms with Gasteiger partial charge in [-0.15, -0.1) is 0 Å². The van der Waals surface area contributed by atoms with Gasteiger partial charge in [0.25, 0.3) is 0 Å². The van der Waals surface area contributed by atoms with Crippen LogP contribution < -0.4 is 10.1 Å². The number of ketones is 1. The summed E-state index contributed by atoms with van der Waals surface area (Å²) in [6, 6.07) is 13.0. The number of rotatable bonds is 7. The van der Waals surface area contributed by atoms with Crippen molar-refractivity contribution < 1.29 is 23.9 Å². The smallest absolute Gasteiger partial charge is 0.337 e. The Hall–Kier alpha value is -3.15. The first kappa shape index (κ1) is 20.2. The largest absolute Gasteiger partial charge is 0.483 e. The topological polar surface area (TPSA) is 81.7 Å². The lowest BCUT2D eigenvalue weighted by Crippen LogP contribution is -2.24. The predicted octanol–water partition coefficient (Wildman–Crippen LogP) is 3.72. The van der Waals surface area contributed by atoms with Crippen molar-refractivity contribution in [2.45, 2.75) is 26.9 Å². The molecule has 27 heavy (non-hydrogen) atoms. The fourth-order valence-electron chi connectivity index (χ4n) is 2.28. The van der Waals surface area contributed by atoms with Crippen LogP contribution in [0.4, 0.5) is 5.69 Å². The SMILES string of the molecule is COC(=O)c1ccc(O[C@@H](C)C(=O)c2ccc(NC(=O)C(C)C)cc2)cc1. The number of anilines is 1. The van der Waals surface area contributed by atoms with Crippen LogP contribution in [0.25, 0.3) is 0 Å². The average Bonchev–Trinajstić information content (AvgIpc) is 2.67. The maximum absolute atomic E-state index is 12.5. The summed E-state index contributed by atoms with van der Waals surface area (Å²) < 4.78 is 10.3. The van der Waals surface area contributed by atoms with Crippen molar-refractivity contribution in [3.63, 3.8) is 0 Å². The zero-order chi connectivity index (χ0) is 20.0. The number of hydrogen-bond donors (Lipinski definition) is 1. The van der Waals surface area contributed by atoms with Gasteiger partial charge in [-0.3, -0.25) is 9.59 Å². The minimum atomic E-state index is -0.704. The number of ether oxygens (including phenoxy) is 2. The summed E-state index contributed by atoms with van der Waals surface area (Å²) in [6.45, 7) is 5.28. The maximum Gasteiger partial charge on any atom is 0.337 e. The fourth-order valence-corrected chi connectivity index (χ4v) is 2.28. The average molecular weight is 369 g/mol. The molecule has 0 aromatic heterocycles. The van der Waals surface area contributed by atoms with E-state index >= 15 is 0 Å². The third kappa shape index (κ3) is 5.41. The molecule has 2 rings (SSSR count). The van der Waals surface area contributed by atoms with Crippen molar-refractivity contribution in [2.24, 2.45) is 5.92 Å². The fraction of sp³-hybridized carbons (Fsp3) is 0.286. The molecule has 0 aliphatic heterocycles. The lowest BCUT2D eigenvalue weighted by Gasteiger charge is -2.14. The van der Waals surface area contributed by atoms with Gasteiger partial charge in [-0.2, -0.15) is 0 Å². The minimum Gasteiger partial charge on any atom is -0.483 e. The van der Waals surface area contributed by atoms with E-state index in [-0.39, 0.29) is 17.6 Å². The quantitative estimate of drug-likeness (QED) is 0.594. The van der Waals surface area contributed by atoms with E-state index in [1.807, 2.05) is 13.8 Å². The first-order valence-corrected chi connectivity index (χ1v) is 8.62. The number of esters is 1. The Balaban J connectivity index is 2.00. The minimum absolute atomic E-state index is 0.0822. The number of methoxy groups -OCH3 is 1. The van der Waals surface area contributed by atoms with Crippen molar-refractivity contribution in [3.8, 4) is 5.75 Å². The predicted molar refractivity (Wildman–Crippen MR) is 102 cm³/mol. The normalized spacial score (nSPS) is 11.6. The standard InChI is InChI=1S/C21H23NO5/c1-13(2)20(24)22-17-9-5-15(6-10-17)19(23)14(3)27-18-11-7-16(8-12-18)21(25)26-4/h5-14H,1-4H3,(H,22,24)/t14-/m0/s1. The highest BCUT2D eigenvalue weighted by Gasteiger charge is 2.17. The molecule has 0 fully saturated rings. The third-order valence-electron chi connectivity index (χ3n) is 3.92. The Bertz CT molecular complexity index is 809. The number of carbonyl (C=O) groups excluding carboxylic acids is 3. The van der Waals surface area contributed by atoms with Crippen molar-refractivity contribution >= 4 is 23.3 Å². The maximum atomic E-state index is 12.5. The van der Waals surface area contributed by atoms with Crippen LogP contribution in [0.2, 0.25) is 0 Å². The molecule has 6 nitrogen and oxygen atoms in total. The van der Waals surface area contributed by atoms with Gasteiger partial charge >= 0.3 is 5.97 Å². The molecule has 0 unspecified atom stereocenters. The molecule has 142 valence electrons. The number of carbonyl (C=O) groups is 3. The van der Waals surface area contributed by atoms with Gasteiger partial charge in [-0.05, 0) is 55.5 Å². The van der Waals surface area contributed by atoms with Crippen LogP contribution in [0.5, 0.6) is 5.75 Å². The van der Waals surface area contributed by atoms with Crippen LogP contribution in [0.1, 0.15) is 41.5 Å². The number of Topliss-reactive ketones (excluding diaryl/α,β-unsaturated/α-hetero) is 1. The van der Waals surface area contributed by atoms with Crippen LogP contribution in [0.3, 0.4) is 0 Å². The monoisotopic (exact) mass is 369 g/mol. The lowest BCUT2D eigenvalue weighted by atomic mass is 10.1. The van der Waals surface area contributed by atoms with Crippen LogP contribution in [-0.2, 0) is 9.53 Å². The Kier molecular flexibility index (Phi) is 6.71. The highest BCUT2D eigenvalue weighted by Crippen LogP contribution is 2.18. The zero-order valence-corrected chi connectivity index (χ0v) is 15.8. The molecular weight excluding hydrogens is 346 g/mol. The molecule has 0 saturated carbocycles. The molecule has 2 aromatic carbocycles. The first-order valence-electron chi connectivity index (χ1n) is 8.62. The van der Waals surface area contributed by atoms with Gasteiger partial charge in [0, 0.05) is 17.2 Å². The van der Waals surface area contributed by atoms with E-state index in [1.54, 1.807) is 55.5 Å². The van der Waals surface area contributed by atoms with Gasteiger partial charge in [0.05, 0.1) is 12.7 Å². The summed E-state index contributed by atoms with van der Waals surface area (Å²) in [4.78, 5) is 35.7. The molecule has 0 aliphatic carbocycles. The van der Waals surface area contributed by atoms with E-state index in [0.29, 0.717) is 22.6 Å². The summed E-state index contributed by atoms with van der Waals surface area (Å²) in [5.41, 5.74) is 1.52. The van der Waals surface area contributed by atoms with Crippen LogP contribution in [0, 0.1) is 5.92 Å². The van der Waals surface area contributed by atoms with E-state index < -0.39 is 12.1 Å². The molecule has 0 aliphatic rings. The third-order valence-corrected chi connectivity index (χ3v) is 3.92. The van der Waals surface area contributed by atoms with Gasteiger partial charge < -0.3 is 14.8 Å². The van der Waals surface area contributed by atoms with Crippen LogP contribution in [-0.4, -0.2) is 30.9 Å². The van der Waals surface area contributed by atoms with E-state index in [4.69, 9.17) is 4.74 Å². The van der Waals surface area contributed by atoms with E-state index in [2.05, 4.69) is 10.1 Å². The van der Waals surface area contributed by atoms with Gasteiger partial charge in [-0.1, -0.05) is 13.8 Å². The van der Waals surface area contributed by atoms with E-state index in [9.17, 15) is 14.4 Å². The second-order valence-electron chi connectivity index (χ2n) is 6.36. The van der Waals surface area contributed by atoms with Crippen LogP contribution >= 0.6 is 0 Å². The summed E-state index contributed by atoms with van der Waals surface area (Å²) in [5.74, 6) is -0.347. The molecule has 0 saturated heterocycles. The van der Waals surface area contributed by atoms with E-state index in [1.165, 1.54) is 7.11 Å². The van der Waals surface area contributed by atoms with Gasteiger partial charge in [0.15, 0.2) is 6.10 Å². The molecule has 0 heterocycles. The molecule has 0 radical (unpaired) electrons. The molecule has 0 spiro atoms. The Morgan fingerprint density at radius 1 is 0.852 bits per heavy atom. The van der Waals surface area contributed by atoms with Crippen molar-refractivity contribution in [2.75, 3.05) is 12.4 Å². The summed E-state index contributed by atoms with van der Waals surface area (Å²) in [7, 11) is 1.31. The summed E-state index contributed by atoms with van der Waals surface area (Å²) in [6.07, 6.45) is -0.704. The number of hydrogen-bond acceptors (Lipinski definition) is 5. The molecular formula is C21H23NO5. The van der Waals surface area contributed by atoms with Gasteiger partial charge in [-0.25, -0.2) is 4.79 Å². The Labute approximate surface area is 158 Å². The van der Waals surface area contributed by atoms with Crippen LogP contribution in [0.15, 0.2) is 48.5 Å². The first-order chi connectivity index (χ1) is 12.8. The Morgan fingerprint density at radius 2 is 1.41 bits per heavy atom. The van der Waals surface area contributed by atoms with Crippen molar-refractivity contribution in [1.82, 2.24) is 0 Å². The Morgan fingerprint density at radius 3 is 1.93 bits per heavy atom. The second kappa shape index (κ2) is 8.98. The molecule has 0 bridgehead atoms. The summed E-state index contributed by atoms with van der Waals surface area (Å²) in [5, 5.41) is 2.78. The highest BCUT2D eigenvalue weighted by molar-refractivity contribution is 6.00.